The molecular formula is C16H8Br2O3. The van der Waals surface area contributed by atoms with Crippen LogP contribution in [0.3, 0.4) is 0 Å². The predicted molar refractivity (Wildman–Crippen MR) is 89.6 cm³/mol. The smallest absolute Gasteiger partial charge is 0.221 e. The Labute approximate surface area is 136 Å². The van der Waals surface area contributed by atoms with Gasteiger partial charge in [0, 0.05) is 20.6 Å². The average molecular weight is 408 g/mol. The van der Waals surface area contributed by atoms with E-state index in [9.17, 15) is 9.59 Å². The zero-order chi connectivity index (χ0) is 15.0. The van der Waals surface area contributed by atoms with Gasteiger partial charge in [-0.25, -0.2) is 0 Å². The molecule has 0 saturated heterocycles. The van der Waals surface area contributed by atoms with Crippen molar-refractivity contribution in [2.45, 2.75) is 0 Å². The number of halogens is 2. The van der Waals surface area contributed by atoms with Crippen molar-refractivity contribution in [3.8, 4) is 11.3 Å². The molecule has 3 rings (SSSR count). The summed E-state index contributed by atoms with van der Waals surface area (Å²) in [6.45, 7) is 0. The standard InChI is InChI=1S/C16H8Br2O3/c17-10-3-1-9(2-4-10)15-8-14(20)12-7-11(18)5-6-13(19)16(12)21-15/h1-8H. The van der Waals surface area contributed by atoms with Gasteiger partial charge < -0.3 is 4.42 Å². The Hall–Kier alpha value is -1.72. The van der Waals surface area contributed by atoms with E-state index in [0.29, 0.717) is 10.2 Å². The van der Waals surface area contributed by atoms with E-state index in [2.05, 4.69) is 31.9 Å². The molecule has 0 N–H and O–H groups in total. The normalized spacial score (nSPS) is 10.8. The molecule has 21 heavy (non-hydrogen) atoms. The Kier molecular flexibility index (Phi) is 3.78. The van der Waals surface area contributed by atoms with Crippen LogP contribution in [0, 0.1) is 0 Å². The van der Waals surface area contributed by atoms with Gasteiger partial charge in [0.25, 0.3) is 0 Å². The predicted octanol–water partition coefficient (Wildman–Crippen LogP) is 4.35. The Balaban J connectivity index is 2.36. The third-order valence-electron chi connectivity index (χ3n) is 3.01. The Bertz CT molecular complexity index is 944. The van der Waals surface area contributed by atoms with Gasteiger partial charge in [0.1, 0.15) is 5.76 Å². The van der Waals surface area contributed by atoms with Gasteiger partial charge in [-0.05, 0) is 30.3 Å². The molecule has 3 aromatic rings. The van der Waals surface area contributed by atoms with Crippen molar-refractivity contribution >= 4 is 42.8 Å². The van der Waals surface area contributed by atoms with Crippen molar-refractivity contribution < 1.29 is 4.42 Å². The highest BCUT2D eigenvalue weighted by molar-refractivity contribution is 9.10. The lowest BCUT2D eigenvalue weighted by molar-refractivity contribution is 0.616. The van der Waals surface area contributed by atoms with E-state index in [1.165, 1.54) is 12.1 Å². The zero-order valence-electron chi connectivity index (χ0n) is 10.6. The maximum atomic E-state index is 12.3. The van der Waals surface area contributed by atoms with Crippen LogP contribution >= 0.6 is 31.9 Å². The molecular weight excluding hydrogens is 400 g/mol. The molecule has 0 amide bonds. The summed E-state index contributed by atoms with van der Waals surface area (Å²) in [5.41, 5.74) is 0.225. The van der Waals surface area contributed by atoms with Crippen molar-refractivity contribution in [1.82, 2.24) is 0 Å². The Morgan fingerprint density at radius 1 is 0.762 bits per heavy atom. The molecule has 0 fully saturated rings. The first-order valence-electron chi connectivity index (χ1n) is 6.08. The fraction of sp³-hybridized carbons (Fsp3) is 0. The van der Waals surface area contributed by atoms with E-state index in [1.807, 2.05) is 24.3 Å². The van der Waals surface area contributed by atoms with Gasteiger partial charge in [0.05, 0.1) is 5.39 Å². The van der Waals surface area contributed by atoms with Gasteiger partial charge >= 0.3 is 0 Å². The third-order valence-corrected chi connectivity index (χ3v) is 4.03. The minimum absolute atomic E-state index is 0.0612. The quantitative estimate of drug-likeness (QED) is 0.602. The average Bonchev–Trinajstić information content (AvgIpc) is 2.60. The molecule has 5 heteroatoms. The second-order valence-electron chi connectivity index (χ2n) is 4.45. The second kappa shape index (κ2) is 5.58. The van der Waals surface area contributed by atoms with Crippen LogP contribution in [-0.2, 0) is 0 Å². The molecule has 0 aliphatic carbocycles. The largest absolute Gasteiger partial charge is 0.452 e. The van der Waals surface area contributed by atoms with Crippen molar-refractivity contribution in [1.29, 1.82) is 0 Å². The van der Waals surface area contributed by atoms with Crippen LogP contribution in [0.25, 0.3) is 22.3 Å². The topological polar surface area (TPSA) is 47.3 Å². The lowest BCUT2D eigenvalue weighted by Gasteiger charge is -2.01. The highest BCUT2D eigenvalue weighted by Crippen LogP contribution is 2.23. The molecule has 0 atom stereocenters. The highest BCUT2D eigenvalue weighted by Gasteiger charge is 2.09. The summed E-state index contributed by atoms with van der Waals surface area (Å²) in [5, 5.41) is 0.262. The lowest BCUT2D eigenvalue weighted by Crippen LogP contribution is -2.05. The Morgan fingerprint density at radius 2 is 1.43 bits per heavy atom. The number of benzene rings is 1. The van der Waals surface area contributed by atoms with Crippen molar-refractivity contribution in [2.24, 2.45) is 0 Å². The van der Waals surface area contributed by atoms with E-state index < -0.39 is 0 Å². The van der Waals surface area contributed by atoms with Crippen molar-refractivity contribution in [3.05, 3.63) is 77.9 Å². The molecule has 1 heterocycles. The molecule has 3 nitrogen and oxygen atoms in total. The first-order chi connectivity index (χ1) is 10.0. The minimum Gasteiger partial charge on any atom is -0.452 e. The van der Waals surface area contributed by atoms with E-state index >= 15 is 0 Å². The summed E-state index contributed by atoms with van der Waals surface area (Å²) < 4.78 is 7.24. The van der Waals surface area contributed by atoms with Crippen LogP contribution in [0.15, 0.2) is 71.5 Å². The first kappa shape index (κ1) is 14.2. The zero-order valence-corrected chi connectivity index (χ0v) is 13.8. The molecule has 0 spiro atoms. The van der Waals surface area contributed by atoms with Gasteiger partial charge in [-0.2, -0.15) is 0 Å². The molecule has 1 aromatic heterocycles. The van der Waals surface area contributed by atoms with Crippen LogP contribution < -0.4 is 10.9 Å². The molecule has 104 valence electrons. The monoisotopic (exact) mass is 406 g/mol. The summed E-state index contributed by atoms with van der Waals surface area (Å²) in [6, 6.07) is 13.3. The fourth-order valence-corrected chi connectivity index (χ4v) is 2.62. The summed E-state index contributed by atoms with van der Waals surface area (Å²) in [5.74, 6) is 0.374. The van der Waals surface area contributed by atoms with Crippen molar-refractivity contribution in [2.75, 3.05) is 0 Å². The SMILES string of the molecule is O=c1cc(-c2ccc(Br)cc2)oc2c(=O)ccc(Br)cc12. The van der Waals surface area contributed by atoms with Crippen LogP contribution in [0.1, 0.15) is 0 Å². The second-order valence-corrected chi connectivity index (χ2v) is 6.28. The van der Waals surface area contributed by atoms with Gasteiger partial charge in [-0.15, -0.1) is 0 Å². The molecule has 0 unspecified atom stereocenters. The van der Waals surface area contributed by atoms with E-state index in [1.54, 1.807) is 12.1 Å². The highest BCUT2D eigenvalue weighted by atomic mass is 79.9. The van der Waals surface area contributed by atoms with Gasteiger partial charge in [-0.1, -0.05) is 44.0 Å². The number of hydrogen-bond acceptors (Lipinski definition) is 3. The molecule has 0 aliphatic rings. The van der Waals surface area contributed by atoms with Gasteiger partial charge in [0.2, 0.25) is 5.43 Å². The fourth-order valence-electron chi connectivity index (χ4n) is 2.00. The van der Waals surface area contributed by atoms with E-state index in [0.717, 1.165) is 10.0 Å². The maximum Gasteiger partial charge on any atom is 0.221 e. The van der Waals surface area contributed by atoms with Crippen LogP contribution in [0.5, 0.6) is 0 Å². The molecule has 0 saturated carbocycles. The number of hydrogen-bond donors (Lipinski definition) is 0. The summed E-state index contributed by atoms with van der Waals surface area (Å²) in [4.78, 5) is 24.3. The van der Waals surface area contributed by atoms with Crippen LogP contribution in [0.2, 0.25) is 0 Å². The summed E-state index contributed by atoms with van der Waals surface area (Å²) >= 11 is 6.63. The number of rotatable bonds is 1. The van der Waals surface area contributed by atoms with E-state index in [-0.39, 0.29) is 21.8 Å². The first-order valence-corrected chi connectivity index (χ1v) is 7.67. The number of fused-ring (bicyclic) bond motifs is 1. The van der Waals surface area contributed by atoms with Crippen LogP contribution in [0.4, 0.5) is 0 Å². The molecule has 0 radical (unpaired) electrons. The molecule has 0 aliphatic heterocycles. The Morgan fingerprint density at radius 3 is 2.14 bits per heavy atom. The molecule has 2 aromatic carbocycles. The van der Waals surface area contributed by atoms with Crippen molar-refractivity contribution in [3.63, 3.8) is 0 Å². The van der Waals surface area contributed by atoms with E-state index in [4.69, 9.17) is 4.42 Å². The van der Waals surface area contributed by atoms with Gasteiger partial charge in [0.15, 0.2) is 11.0 Å². The van der Waals surface area contributed by atoms with Crippen LogP contribution in [-0.4, -0.2) is 0 Å². The lowest BCUT2D eigenvalue weighted by atomic mass is 10.1. The summed E-state index contributed by atoms with van der Waals surface area (Å²) in [7, 11) is 0. The minimum atomic E-state index is -0.327. The van der Waals surface area contributed by atoms with Gasteiger partial charge in [-0.3, -0.25) is 9.59 Å². The maximum absolute atomic E-state index is 12.3. The molecule has 0 bridgehead atoms. The third kappa shape index (κ3) is 2.84. The summed E-state index contributed by atoms with van der Waals surface area (Å²) in [6.07, 6.45) is 0.